The van der Waals surface area contributed by atoms with Crippen molar-refractivity contribution < 1.29 is 13.2 Å². The molecule has 5 nitrogen and oxygen atoms in total. The van der Waals surface area contributed by atoms with Crippen LogP contribution in [0.2, 0.25) is 0 Å². The van der Waals surface area contributed by atoms with Gasteiger partial charge in [-0.05, 0) is 0 Å². The molecule has 1 aromatic rings. The molecule has 0 atom stereocenters. The van der Waals surface area contributed by atoms with Gasteiger partial charge < -0.3 is 0 Å². The van der Waals surface area contributed by atoms with E-state index in [0.29, 0.717) is 4.61 Å². The monoisotopic (exact) mass is 305 g/mol. The summed E-state index contributed by atoms with van der Waals surface area (Å²) in [7, 11) is -4.00. The van der Waals surface area contributed by atoms with E-state index in [1.54, 1.807) is 24.3 Å². The molecular weight excluding hydrogens is 295 g/mol. The Bertz CT molecular complexity index is 511. The summed E-state index contributed by atoms with van der Waals surface area (Å²) in [5.74, 6) is 0. The van der Waals surface area contributed by atoms with E-state index in [1.165, 1.54) is 0 Å². The number of hydrazone groups is 1. The molecule has 0 spiro atoms. The average molecular weight is 304 g/mol. The fraction of sp³-hybridized carbons (Fsp3) is 0.111. The Morgan fingerprint density at radius 1 is 1.31 bits per heavy atom. The van der Waals surface area contributed by atoms with E-state index in [2.05, 4.69) is 21.1 Å². The number of rotatable bonds is 3. The summed E-state index contributed by atoms with van der Waals surface area (Å²) in [6.45, 7) is 0.958. The standard InChI is InChI=1S/C9H9N2O3SSe/c1-7(12)15(13,14)11-10-9(16)8-5-3-2-4-6-8/h2-6,11H,1H3/b10-9-. The van der Waals surface area contributed by atoms with Gasteiger partial charge >= 0.3 is 102 Å². The molecule has 0 saturated carbocycles. The number of sulfonamides is 1. The Morgan fingerprint density at radius 3 is 2.38 bits per heavy atom. The Labute approximate surface area is 102 Å². The fourth-order valence-electron chi connectivity index (χ4n) is 0.811. The van der Waals surface area contributed by atoms with Crippen molar-refractivity contribution >= 4 is 35.8 Å². The molecule has 0 fully saturated rings. The van der Waals surface area contributed by atoms with E-state index in [0.717, 1.165) is 12.5 Å². The first-order chi connectivity index (χ1) is 7.43. The van der Waals surface area contributed by atoms with E-state index in [9.17, 15) is 13.2 Å². The zero-order valence-corrected chi connectivity index (χ0v) is 10.9. The van der Waals surface area contributed by atoms with E-state index >= 15 is 0 Å². The van der Waals surface area contributed by atoms with Gasteiger partial charge in [0.1, 0.15) is 0 Å². The van der Waals surface area contributed by atoms with Crippen LogP contribution in [0.1, 0.15) is 12.5 Å². The number of nitrogens with one attached hydrogen (secondary N) is 1. The molecule has 0 heterocycles. The summed E-state index contributed by atoms with van der Waals surface area (Å²) >= 11 is 2.62. The molecule has 16 heavy (non-hydrogen) atoms. The van der Waals surface area contributed by atoms with Gasteiger partial charge in [-0.1, -0.05) is 0 Å². The van der Waals surface area contributed by atoms with Gasteiger partial charge in [0.05, 0.1) is 0 Å². The molecule has 0 amide bonds. The van der Waals surface area contributed by atoms with E-state index in [-0.39, 0.29) is 0 Å². The van der Waals surface area contributed by atoms with Crippen LogP contribution in [0, 0.1) is 0 Å². The van der Waals surface area contributed by atoms with Gasteiger partial charge in [0.2, 0.25) is 0 Å². The van der Waals surface area contributed by atoms with E-state index in [1.807, 2.05) is 10.9 Å². The van der Waals surface area contributed by atoms with Crippen molar-refractivity contribution in [3.05, 3.63) is 35.9 Å². The van der Waals surface area contributed by atoms with E-state index in [4.69, 9.17) is 0 Å². The molecular formula is C9H9N2O3SSe. The predicted octanol–water partition coefficient (Wildman–Crippen LogP) is -0.0174. The zero-order valence-electron chi connectivity index (χ0n) is 8.38. The van der Waals surface area contributed by atoms with Gasteiger partial charge in [0, 0.05) is 0 Å². The molecule has 0 aliphatic heterocycles. The molecule has 1 radical (unpaired) electrons. The first kappa shape index (κ1) is 12.9. The number of hydrogen-bond acceptors (Lipinski definition) is 4. The van der Waals surface area contributed by atoms with Crippen LogP contribution < -0.4 is 4.83 Å². The van der Waals surface area contributed by atoms with Crippen molar-refractivity contribution in [1.29, 1.82) is 0 Å². The third-order valence-electron chi connectivity index (χ3n) is 1.67. The van der Waals surface area contributed by atoms with E-state index < -0.39 is 15.1 Å². The zero-order chi connectivity index (χ0) is 12.2. The molecule has 0 aromatic heterocycles. The van der Waals surface area contributed by atoms with Crippen LogP contribution in [0.25, 0.3) is 0 Å². The van der Waals surface area contributed by atoms with Gasteiger partial charge in [0.25, 0.3) is 0 Å². The second-order valence-electron chi connectivity index (χ2n) is 2.87. The Kier molecular flexibility index (Phi) is 4.23. The third kappa shape index (κ3) is 3.44. The van der Waals surface area contributed by atoms with Crippen LogP contribution in [0.5, 0.6) is 0 Å². The molecule has 0 bridgehead atoms. The second-order valence-corrected chi connectivity index (χ2v) is 5.44. The summed E-state index contributed by atoms with van der Waals surface area (Å²) in [6, 6.07) is 8.94. The van der Waals surface area contributed by atoms with Crippen LogP contribution in [0.15, 0.2) is 35.4 Å². The van der Waals surface area contributed by atoms with Crippen molar-refractivity contribution in [2.24, 2.45) is 5.10 Å². The second kappa shape index (κ2) is 5.25. The quantitative estimate of drug-likeness (QED) is 0.484. The molecule has 0 aliphatic carbocycles. The minimum absolute atomic E-state index is 0.366. The maximum atomic E-state index is 11.1. The van der Waals surface area contributed by atoms with Gasteiger partial charge in [-0.2, -0.15) is 0 Å². The van der Waals surface area contributed by atoms with Gasteiger partial charge in [-0.3, -0.25) is 0 Å². The number of hydrogen-bond donors (Lipinski definition) is 1. The van der Waals surface area contributed by atoms with Crippen molar-refractivity contribution in [3.8, 4) is 0 Å². The van der Waals surface area contributed by atoms with Crippen LogP contribution >= 0.6 is 0 Å². The van der Waals surface area contributed by atoms with Crippen LogP contribution in [0.4, 0.5) is 0 Å². The maximum absolute atomic E-state index is 11.1. The molecule has 0 unspecified atom stereocenters. The van der Waals surface area contributed by atoms with Crippen molar-refractivity contribution in [2.45, 2.75) is 6.92 Å². The van der Waals surface area contributed by atoms with Crippen LogP contribution in [-0.4, -0.2) is 34.2 Å². The summed E-state index contributed by atoms with van der Waals surface area (Å²) in [5, 5.41) is 2.61. The fourth-order valence-corrected chi connectivity index (χ4v) is 1.66. The first-order valence-corrected chi connectivity index (χ1v) is 6.60. The molecule has 1 N–H and O–H groups in total. The number of nitrogens with zero attached hydrogens (tertiary/aromatic N) is 1. The summed E-state index contributed by atoms with van der Waals surface area (Å²) in [4.78, 5) is 12.5. The van der Waals surface area contributed by atoms with Gasteiger partial charge in [-0.25, -0.2) is 0 Å². The molecule has 1 aromatic carbocycles. The summed E-state index contributed by atoms with van der Waals surface area (Å²) in [6.07, 6.45) is 0. The Morgan fingerprint density at radius 2 is 1.88 bits per heavy atom. The molecule has 0 aliphatic rings. The Hall–Kier alpha value is -1.17. The minimum atomic E-state index is -4.00. The Balaban J connectivity index is 2.85. The van der Waals surface area contributed by atoms with Crippen LogP contribution in [-0.2, 0) is 14.8 Å². The number of carbonyl (C=O) groups is 1. The molecule has 0 saturated heterocycles. The molecule has 85 valence electrons. The third-order valence-corrected chi connectivity index (χ3v) is 3.44. The van der Waals surface area contributed by atoms with Crippen molar-refractivity contribution in [3.63, 3.8) is 0 Å². The van der Waals surface area contributed by atoms with Crippen molar-refractivity contribution in [2.75, 3.05) is 0 Å². The predicted molar refractivity (Wildman–Crippen MR) is 61.5 cm³/mol. The number of benzene rings is 1. The molecule has 7 heteroatoms. The van der Waals surface area contributed by atoms with Gasteiger partial charge in [-0.15, -0.1) is 0 Å². The normalized spacial score (nSPS) is 12.2. The molecule has 1 rings (SSSR count). The first-order valence-electron chi connectivity index (χ1n) is 4.26. The summed E-state index contributed by atoms with van der Waals surface area (Å²) in [5.41, 5.74) is 0.730. The van der Waals surface area contributed by atoms with Crippen molar-refractivity contribution in [1.82, 2.24) is 4.83 Å². The van der Waals surface area contributed by atoms with Crippen LogP contribution in [0.3, 0.4) is 0 Å². The van der Waals surface area contributed by atoms with Gasteiger partial charge in [0.15, 0.2) is 0 Å². The summed E-state index contributed by atoms with van der Waals surface area (Å²) < 4.78 is 22.5. The number of carbonyl (C=O) groups excluding carboxylic acids is 1. The SMILES string of the molecule is CC(=O)S(=O)(=O)N/N=C(\[Se])c1ccccc1. The average Bonchev–Trinajstić information content (AvgIpc) is 2.27. The topological polar surface area (TPSA) is 75.6 Å².